The second-order valence-corrected chi connectivity index (χ2v) is 3.77. The monoisotopic (exact) mass is 171 g/mol. The van der Waals surface area contributed by atoms with Gasteiger partial charge >= 0.3 is 0 Å². The molecule has 0 heterocycles. The molecule has 0 aliphatic heterocycles. The lowest BCUT2D eigenvalue weighted by Crippen LogP contribution is -2.29. The van der Waals surface area contributed by atoms with E-state index in [-0.39, 0.29) is 5.92 Å². The Labute approximate surface area is 75.7 Å². The topological polar surface area (TPSA) is 29.1 Å². The third-order valence-electron chi connectivity index (χ3n) is 2.13. The number of Topliss-reactive ketones (excluding diaryl/α,β-unsaturated/α-hetero) is 1. The van der Waals surface area contributed by atoms with E-state index in [1.807, 2.05) is 13.8 Å². The van der Waals surface area contributed by atoms with E-state index in [1.54, 1.807) is 0 Å². The molecule has 0 spiro atoms. The van der Waals surface area contributed by atoms with Crippen molar-refractivity contribution < 1.29 is 4.79 Å². The van der Waals surface area contributed by atoms with Crippen LogP contribution in [0.15, 0.2) is 0 Å². The Morgan fingerprint density at radius 3 is 2.33 bits per heavy atom. The first-order valence-electron chi connectivity index (χ1n) is 4.81. The van der Waals surface area contributed by atoms with Crippen LogP contribution in [0.4, 0.5) is 0 Å². The minimum Gasteiger partial charge on any atom is -0.310 e. The Morgan fingerprint density at radius 2 is 1.92 bits per heavy atom. The zero-order valence-corrected chi connectivity index (χ0v) is 8.68. The molecule has 0 fully saturated rings. The molecule has 2 nitrogen and oxygen atoms in total. The standard InChI is InChI=1S/C10H21NO/c1-5-9(4)6-11-7-10(12)8(2)3/h8-9,11H,5-7H2,1-4H3. The van der Waals surface area contributed by atoms with Crippen LogP contribution >= 0.6 is 0 Å². The lowest BCUT2D eigenvalue weighted by molar-refractivity contribution is -0.121. The van der Waals surface area contributed by atoms with Gasteiger partial charge in [0.2, 0.25) is 0 Å². The smallest absolute Gasteiger partial charge is 0.149 e. The summed E-state index contributed by atoms with van der Waals surface area (Å²) in [5.41, 5.74) is 0. The molecule has 0 radical (unpaired) electrons. The number of hydrogen-bond acceptors (Lipinski definition) is 2. The van der Waals surface area contributed by atoms with Gasteiger partial charge in [0.15, 0.2) is 0 Å². The Hall–Kier alpha value is -0.370. The highest BCUT2D eigenvalue weighted by atomic mass is 16.1. The van der Waals surface area contributed by atoms with Crippen molar-refractivity contribution in [3.63, 3.8) is 0 Å². The van der Waals surface area contributed by atoms with Crippen molar-refractivity contribution in [1.82, 2.24) is 5.32 Å². The average molecular weight is 171 g/mol. The molecule has 1 atom stereocenters. The lowest BCUT2D eigenvalue weighted by Gasteiger charge is -2.10. The molecule has 0 saturated heterocycles. The molecule has 0 aliphatic rings. The molecular formula is C10H21NO. The van der Waals surface area contributed by atoms with Crippen LogP contribution in [0, 0.1) is 11.8 Å². The van der Waals surface area contributed by atoms with Gasteiger partial charge in [-0.3, -0.25) is 4.79 Å². The number of nitrogens with one attached hydrogen (secondary N) is 1. The van der Waals surface area contributed by atoms with Crippen molar-refractivity contribution >= 4 is 5.78 Å². The van der Waals surface area contributed by atoms with E-state index in [0.717, 1.165) is 6.54 Å². The fourth-order valence-electron chi connectivity index (χ4n) is 0.790. The molecule has 1 unspecified atom stereocenters. The highest BCUT2D eigenvalue weighted by Crippen LogP contribution is 1.97. The second kappa shape index (κ2) is 6.18. The first-order chi connectivity index (χ1) is 5.57. The summed E-state index contributed by atoms with van der Waals surface area (Å²) in [5.74, 6) is 1.14. The van der Waals surface area contributed by atoms with Crippen LogP contribution in [0.1, 0.15) is 34.1 Å². The number of rotatable bonds is 6. The Morgan fingerprint density at radius 1 is 1.33 bits per heavy atom. The Bertz CT molecular complexity index is 132. The van der Waals surface area contributed by atoms with Gasteiger partial charge in [-0.15, -0.1) is 0 Å². The van der Waals surface area contributed by atoms with Crippen molar-refractivity contribution in [2.75, 3.05) is 13.1 Å². The predicted octanol–water partition coefficient (Wildman–Crippen LogP) is 1.85. The van der Waals surface area contributed by atoms with Crippen molar-refractivity contribution in [3.05, 3.63) is 0 Å². The fourth-order valence-corrected chi connectivity index (χ4v) is 0.790. The Balaban J connectivity index is 3.37. The lowest BCUT2D eigenvalue weighted by atomic mass is 10.1. The largest absolute Gasteiger partial charge is 0.310 e. The molecule has 0 rings (SSSR count). The summed E-state index contributed by atoms with van der Waals surface area (Å²) in [6.45, 7) is 9.71. The van der Waals surface area contributed by atoms with Crippen LogP contribution in [0.2, 0.25) is 0 Å². The van der Waals surface area contributed by atoms with Gasteiger partial charge in [0, 0.05) is 5.92 Å². The number of ketones is 1. The van der Waals surface area contributed by atoms with Crippen LogP contribution in [-0.4, -0.2) is 18.9 Å². The summed E-state index contributed by atoms with van der Waals surface area (Å²) >= 11 is 0. The highest BCUT2D eigenvalue weighted by molar-refractivity contribution is 5.82. The zero-order valence-electron chi connectivity index (χ0n) is 8.68. The third kappa shape index (κ3) is 5.30. The molecule has 0 amide bonds. The summed E-state index contributed by atoms with van der Waals surface area (Å²) in [5, 5.41) is 3.17. The third-order valence-corrected chi connectivity index (χ3v) is 2.13. The zero-order chi connectivity index (χ0) is 9.56. The van der Waals surface area contributed by atoms with E-state index in [2.05, 4.69) is 19.2 Å². The van der Waals surface area contributed by atoms with E-state index >= 15 is 0 Å². The maximum absolute atomic E-state index is 11.2. The molecule has 0 aromatic heterocycles. The number of carbonyl (C=O) groups is 1. The minimum atomic E-state index is 0.162. The summed E-state index contributed by atoms with van der Waals surface area (Å²) in [4.78, 5) is 11.2. The van der Waals surface area contributed by atoms with Crippen molar-refractivity contribution in [3.8, 4) is 0 Å². The Kier molecular flexibility index (Phi) is 5.99. The van der Waals surface area contributed by atoms with Gasteiger partial charge in [-0.05, 0) is 12.5 Å². The van der Waals surface area contributed by atoms with Gasteiger partial charge in [0.05, 0.1) is 6.54 Å². The van der Waals surface area contributed by atoms with Crippen LogP contribution < -0.4 is 5.32 Å². The van der Waals surface area contributed by atoms with Crippen LogP contribution in [0.5, 0.6) is 0 Å². The molecule has 0 aromatic carbocycles. The molecule has 0 aromatic rings. The van der Waals surface area contributed by atoms with E-state index in [1.165, 1.54) is 6.42 Å². The molecule has 12 heavy (non-hydrogen) atoms. The summed E-state index contributed by atoms with van der Waals surface area (Å²) in [7, 11) is 0. The SMILES string of the molecule is CCC(C)CNCC(=O)C(C)C. The first-order valence-corrected chi connectivity index (χ1v) is 4.81. The van der Waals surface area contributed by atoms with E-state index in [9.17, 15) is 4.79 Å². The summed E-state index contributed by atoms with van der Waals surface area (Å²) in [6, 6.07) is 0. The molecule has 0 bridgehead atoms. The van der Waals surface area contributed by atoms with Crippen molar-refractivity contribution in [2.24, 2.45) is 11.8 Å². The van der Waals surface area contributed by atoms with E-state index in [4.69, 9.17) is 0 Å². The number of hydrogen-bond donors (Lipinski definition) is 1. The van der Waals surface area contributed by atoms with Gasteiger partial charge in [-0.2, -0.15) is 0 Å². The van der Waals surface area contributed by atoms with Gasteiger partial charge in [0.25, 0.3) is 0 Å². The van der Waals surface area contributed by atoms with Gasteiger partial charge < -0.3 is 5.32 Å². The molecular weight excluding hydrogens is 150 g/mol. The van der Waals surface area contributed by atoms with Gasteiger partial charge in [-0.1, -0.05) is 34.1 Å². The normalized spacial score (nSPS) is 13.4. The summed E-state index contributed by atoms with van der Waals surface area (Å²) < 4.78 is 0. The second-order valence-electron chi connectivity index (χ2n) is 3.77. The quantitative estimate of drug-likeness (QED) is 0.660. The van der Waals surface area contributed by atoms with Gasteiger partial charge in [0.1, 0.15) is 5.78 Å². The predicted molar refractivity (Wildman–Crippen MR) is 52.2 cm³/mol. The van der Waals surface area contributed by atoms with Gasteiger partial charge in [-0.25, -0.2) is 0 Å². The molecule has 0 saturated carbocycles. The number of carbonyl (C=O) groups excluding carboxylic acids is 1. The van der Waals surface area contributed by atoms with E-state index < -0.39 is 0 Å². The van der Waals surface area contributed by atoms with Crippen molar-refractivity contribution in [1.29, 1.82) is 0 Å². The molecule has 72 valence electrons. The fraction of sp³-hybridized carbons (Fsp3) is 0.900. The van der Waals surface area contributed by atoms with E-state index in [0.29, 0.717) is 18.2 Å². The van der Waals surface area contributed by atoms with Crippen LogP contribution in [-0.2, 0) is 4.79 Å². The maximum Gasteiger partial charge on any atom is 0.149 e. The maximum atomic E-state index is 11.2. The average Bonchev–Trinajstić information content (AvgIpc) is 2.03. The van der Waals surface area contributed by atoms with Crippen LogP contribution in [0.25, 0.3) is 0 Å². The molecule has 0 aliphatic carbocycles. The highest BCUT2D eigenvalue weighted by Gasteiger charge is 2.06. The molecule has 2 heteroatoms. The summed E-state index contributed by atoms with van der Waals surface area (Å²) in [6.07, 6.45) is 1.17. The van der Waals surface area contributed by atoms with Crippen molar-refractivity contribution in [2.45, 2.75) is 34.1 Å². The molecule has 1 N–H and O–H groups in total. The first kappa shape index (κ1) is 11.6. The van der Waals surface area contributed by atoms with Crippen LogP contribution in [0.3, 0.4) is 0 Å². The minimum absolute atomic E-state index is 0.162.